The molecule has 0 aromatic rings. The molecule has 2 saturated carbocycles. The van der Waals surface area contributed by atoms with E-state index in [1.165, 1.54) is 57.8 Å². The maximum atomic E-state index is 6.58. The first-order chi connectivity index (χ1) is 9.72. The van der Waals surface area contributed by atoms with E-state index in [2.05, 4.69) is 26.1 Å². The van der Waals surface area contributed by atoms with Gasteiger partial charge in [-0.25, -0.2) is 0 Å². The number of ether oxygens (including phenoxy) is 1. The van der Waals surface area contributed by atoms with Gasteiger partial charge in [0, 0.05) is 6.04 Å². The van der Waals surface area contributed by atoms with Crippen molar-refractivity contribution in [2.75, 3.05) is 6.54 Å². The molecule has 2 fully saturated rings. The van der Waals surface area contributed by atoms with Crippen LogP contribution >= 0.6 is 0 Å². The molecule has 0 saturated heterocycles. The van der Waals surface area contributed by atoms with E-state index >= 15 is 0 Å². The number of nitrogens with one attached hydrogen (secondary N) is 1. The van der Waals surface area contributed by atoms with Gasteiger partial charge in [0.1, 0.15) is 0 Å². The third-order valence-electron chi connectivity index (χ3n) is 5.39. The van der Waals surface area contributed by atoms with Gasteiger partial charge in [0.2, 0.25) is 0 Å². The zero-order valence-electron chi connectivity index (χ0n) is 13.9. The Balaban J connectivity index is 1.88. The van der Waals surface area contributed by atoms with Crippen molar-refractivity contribution in [3.8, 4) is 0 Å². The summed E-state index contributed by atoms with van der Waals surface area (Å²) in [6.45, 7) is 8.12. The van der Waals surface area contributed by atoms with E-state index in [4.69, 9.17) is 4.74 Å². The molecule has 1 N–H and O–H groups in total. The highest BCUT2D eigenvalue weighted by Crippen LogP contribution is 2.33. The van der Waals surface area contributed by atoms with E-state index in [9.17, 15) is 0 Å². The Labute approximate surface area is 126 Å². The first-order valence-electron chi connectivity index (χ1n) is 9.11. The van der Waals surface area contributed by atoms with Crippen LogP contribution in [-0.4, -0.2) is 24.8 Å². The lowest BCUT2D eigenvalue weighted by atomic mass is 9.81. The van der Waals surface area contributed by atoms with Crippen molar-refractivity contribution in [3.05, 3.63) is 0 Å². The molecule has 118 valence electrons. The fraction of sp³-hybridized carbons (Fsp3) is 1.00. The minimum Gasteiger partial charge on any atom is -0.373 e. The van der Waals surface area contributed by atoms with Gasteiger partial charge in [-0.1, -0.05) is 40.0 Å². The Morgan fingerprint density at radius 3 is 2.60 bits per heavy atom. The van der Waals surface area contributed by atoms with Crippen LogP contribution < -0.4 is 5.32 Å². The predicted octanol–water partition coefficient (Wildman–Crippen LogP) is 4.53. The van der Waals surface area contributed by atoms with Crippen LogP contribution in [0.1, 0.15) is 78.6 Å². The summed E-state index contributed by atoms with van der Waals surface area (Å²) in [6, 6.07) is 0.606. The summed E-state index contributed by atoms with van der Waals surface area (Å²) in [5.41, 5.74) is 0. The second-order valence-electron chi connectivity index (χ2n) is 7.22. The van der Waals surface area contributed by atoms with Gasteiger partial charge in [-0.3, -0.25) is 0 Å². The van der Waals surface area contributed by atoms with Crippen molar-refractivity contribution < 1.29 is 4.74 Å². The zero-order valence-corrected chi connectivity index (χ0v) is 13.9. The van der Waals surface area contributed by atoms with Crippen LogP contribution in [0.5, 0.6) is 0 Å². The van der Waals surface area contributed by atoms with Crippen LogP contribution in [0, 0.1) is 11.8 Å². The predicted molar refractivity (Wildman–Crippen MR) is 86.0 cm³/mol. The molecule has 5 atom stereocenters. The number of hydrogen-bond acceptors (Lipinski definition) is 2. The minimum absolute atomic E-state index is 0.468. The average Bonchev–Trinajstić information content (AvgIpc) is 2.46. The second-order valence-corrected chi connectivity index (χ2v) is 7.22. The molecule has 0 heterocycles. The Morgan fingerprint density at radius 1 is 1.05 bits per heavy atom. The Bertz CT molecular complexity index is 268. The molecule has 0 amide bonds. The van der Waals surface area contributed by atoms with Gasteiger partial charge in [-0.15, -0.1) is 0 Å². The van der Waals surface area contributed by atoms with Gasteiger partial charge in [0.15, 0.2) is 0 Å². The molecule has 2 rings (SSSR count). The smallest absolute Gasteiger partial charge is 0.0734 e. The number of rotatable bonds is 6. The van der Waals surface area contributed by atoms with E-state index < -0.39 is 0 Å². The van der Waals surface area contributed by atoms with E-state index in [0.717, 1.165) is 18.4 Å². The molecule has 2 heteroatoms. The molecular formula is C18H35NO. The summed E-state index contributed by atoms with van der Waals surface area (Å²) in [6.07, 6.45) is 12.9. The molecule has 0 aromatic carbocycles. The van der Waals surface area contributed by atoms with Gasteiger partial charge in [0.05, 0.1) is 12.2 Å². The minimum atomic E-state index is 0.468. The largest absolute Gasteiger partial charge is 0.373 e. The summed E-state index contributed by atoms with van der Waals surface area (Å²) in [5.74, 6) is 1.75. The fourth-order valence-corrected chi connectivity index (χ4v) is 4.05. The lowest BCUT2D eigenvalue weighted by Crippen LogP contribution is -2.47. The lowest BCUT2D eigenvalue weighted by Gasteiger charge is -2.40. The van der Waals surface area contributed by atoms with Crippen molar-refractivity contribution in [1.82, 2.24) is 5.32 Å². The summed E-state index contributed by atoms with van der Waals surface area (Å²) in [7, 11) is 0. The summed E-state index contributed by atoms with van der Waals surface area (Å²) in [5, 5.41) is 3.74. The van der Waals surface area contributed by atoms with Crippen LogP contribution in [0.25, 0.3) is 0 Å². The molecule has 0 spiro atoms. The third-order valence-corrected chi connectivity index (χ3v) is 5.39. The monoisotopic (exact) mass is 281 g/mol. The van der Waals surface area contributed by atoms with E-state index in [-0.39, 0.29) is 0 Å². The van der Waals surface area contributed by atoms with E-state index in [1.807, 2.05) is 0 Å². The van der Waals surface area contributed by atoms with Crippen molar-refractivity contribution in [1.29, 1.82) is 0 Å². The Kier molecular flexibility index (Phi) is 6.83. The summed E-state index contributed by atoms with van der Waals surface area (Å²) >= 11 is 0. The summed E-state index contributed by atoms with van der Waals surface area (Å²) in [4.78, 5) is 0. The quantitative estimate of drug-likeness (QED) is 0.772. The highest BCUT2D eigenvalue weighted by Gasteiger charge is 2.32. The highest BCUT2D eigenvalue weighted by molar-refractivity contribution is 4.87. The SMILES string of the molecule is CCCNC1CCC(CC)CC1OC1CCCC(C)C1. The van der Waals surface area contributed by atoms with Crippen LogP contribution in [0.15, 0.2) is 0 Å². The molecule has 0 bridgehead atoms. The Morgan fingerprint density at radius 2 is 1.90 bits per heavy atom. The molecule has 20 heavy (non-hydrogen) atoms. The molecule has 0 aromatic heterocycles. The normalized spacial score (nSPS) is 38.9. The topological polar surface area (TPSA) is 21.3 Å². The first kappa shape index (κ1) is 16.3. The highest BCUT2D eigenvalue weighted by atomic mass is 16.5. The van der Waals surface area contributed by atoms with Crippen molar-refractivity contribution >= 4 is 0 Å². The Hall–Kier alpha value is -0.0800. The molecule has 0 radical (unpaired) electrons. The van der Waals surface area contributed by atoms with Gasteiger partial charge in [-0.05, 0) is 56.9 Å². The van der Waals surface area contributed by atoms with Crippen molar-refractivity contribution in [2.45, 2.75) is 96.8 Å². The lowest BCUT2D eigenvalue weighted by molar-refractivity contribution is -0.0762. The molecule has 2 aliphatic carbocycles. The molecular weight excluding hydrogens is 246 g/mol. The van der Waals surface area contributed by atoms with Gasteiger partial charge in [0.25, 0.3) is 0 Å². The van der Waals surface area contributed by atoms with Crippen LogP contribution in [0.2, 0.25) is 0 Å². The standard InChI is InChI=1S/C18H35NO/c1-4-11-19-17-10-9-15(5-2)13-18(17)20-16-8-6-7-14(3)12-16/h14-19H,4-13H2,1-3H3. The maximum Gasteiger partial charge on any atom is 0.0734 e. The molecule has 2 nitrogen and oxygen atoms in total. The van der Waals surface area contributed by atoms with Crippen molar-refractivity contribution in [2.24, 2.45) is 11.8 Å². The molecule has 2 aliphatic rings. The fourth-order valence-electron chi connectivity index (χ4n) is 4.05. The van der Waals surface area contributed by atoms with Gasteiger partial charge >= 0.3 is 0 Å². The molecule has 5 unspecified atom stereocenters. The van der Waals surface area contributed by atoms with Crippen LogP contribution in [0.3, 0.4) is 0 Å². The zero-order chi connectivity index (χ0) is 14.4. The average molecular weight is 281 g/mol. The maximum absolute atomic E-state index is 6.58. The van der Waals surface area contributed by atoms with Crippen molar-refractivity contribution in [3.63, 3.8) is 0 Å². The molecule has 0 aliphatic heterocycles. The first-order valence-corrected chi connectivity index (χ1v) is 9.11. The number of hydrogen-bond donors (Lipinski definition) is 1. The van der Waals surface area contributed by atoms with Gasteiger partial charge < -0.3 is 10.1 Å². The van der Waals surface area contributed by atoms with Crippen LogP contribution in [-0.2, 0) is 4.74 Å². The third kappa shape index (κ3) is 4.73. The van der Waals surface area contributed by atoms with E-state index in [0.29, 0.717) is 18.2 Å². The van der Waals surface area contributed by atoms with Crippen LogP contribution in [0.4, 0.5) is 0 Å². The van der Waals surface area contributed by atoms with E-state index in [1.54, 1.807) is 0 Å². The second kappa shape index (κ2) is 8.38. The summed E-state index contributed by atoms with van der Waals surface area (Å²) < 4.78 is 6.58. The van der Waals surface area contributed by atoms with Gasteiger partial charge in [-0.2, -0.15) is 0 Å².